The lowest BCUT2D eigenvalue weighted by atomic mass is 10.1. The number of anilines is 3. The smallest absolute Gasteiger partial charge is 0.280 e. The fourth-order valence-electron chi connectivity index (χ4n) is 4.20. The van der Waals surface area contributed by atoms with Crippen molar-refractivity contribution in [2.24, 2.45) is 5.73 Å². The SMILES string of the molecule is Cl.N=C(N)NC(=O)c1nc(-c2cnc(NCCCn3ccnc3)nc2)c(NCCc2c[nH]c3ccccc23)nc1N. The summed E-state index contributed by atoms with van der Waals surface area (Å²) in [6.45, 7) is 2.03. The van der Waals surface area contributed by atoms with E-state index in [9.17, 15) is 4.79 Å². The zero-order valence-electron chi connectivity index (χ0n) is 22.0. The van der Waals surface area contributed by atoms with E-state index in [1.807, 2.05) is 35.2 Å². The fraction of sp³-hybridized carbons (Fsp3) is 0.192. The molecular weight excluding hydrogens is 546 g/mol. The van der Waals surface area contributed by atoms with E-state index in [-0.39, 0.29) is 23.9 Å². The van der Waals surface area contributed by atoms with Crippen molar-refractivity contribution in [3.63, 3.8) is 0 Å². The number of halogens is 1. The number of benzene rings is 1. The summed E-state index contributed by atoms with van der Waals surface area (Å²) in [5.74, 6) is -0.529. The van der Waals surface area contributed by atoms with Gasteiger partial charge in [-0.2, -0.15) is 0 Å². The number of carbonyl (C=O) groups is 1. The van der Waals surface area contributed by atoms with Crippen LogP contribution in [0.25, 0.3) is 22.2 Å². The van der Waals surface area contributed by atoms with Gasteiger partial charge in [-0.05, 0) is 24.5 Å². The number of carbonyl (C=O) groups excluding carboxylic acids is 1. The second-order valence-electron chi connectivity index (χ2n) is 8.93. The summed E-state index contributed by atoms with van der Waals surface area (Å²) in [5, 5.41) is 17.2. The third-order valence-electron chi connectivity index (χ3n) is 6.11. The molecule has 4 aromatic heterocycles. The number of nitrogen functional groups attached to an aromatic ring is 1. The maximum Gasteiger partial charge on any atom is 0.280 e. The Morgan fingerprint density at radius 3 is 2.66 bits per heavy atom. The van der Waals surface area contributed by atoms with Gasteiger partial charge in [-0.1, -0.05) is 18.2 Å². The molecule has 4 heterocycles. The van der Waals surface area contributed by atoms with E-state index in [0.29, 0.717) is 42.5 Å². The summed E-state index contributed by atoms with van der Waals surface area (Å²) in [7, 11) is 0. The molecule has 14 nitrogen and oxygen atoms in total. The van der Waals surface area contributed by atoms with Crippen LogP contribution in [0.4, 0.5) is 17.6 Å². The topological polar surface area (TPSA) is 214 Å². The molecule has 5 aromatic rings. The molecule has 0 fully saturated rings. The summed E-state index contributed by atoms with van der Waals surface area (Å²) in [4.78, 5) is 37.6. The largest absolute Gasteiger partial charge is 0.382 e. The molecule has 41 heavy (non-hydrogen) atoms. The molecule has 0 atom stereocenters. The van der Waals surface area contributed by atoms with E-state index >= 15 is 0 Å². The molecule has 5 rings (SSSR count). The number of para-hydroxylation sites is 1. The minimum Gasteiger partial charge on any atom is -0.382 e. The number of rotatable bonds is 11. The minimum atomic E-state index is -0.735. The number of amides is 1. The quantitative estimate of drug-likeness (QED) is 0.0693. The number of fused-ring (bicyclic) bond motifs is 1. The van der Waals surface area contributed by atoms with Crippen molar-refractivity contribution in [1.29, 1.82) is 5.41 Å². The Balaban J connectivity index is 0.00000387. The second-order valence-corrected chi connectivity index (χ2v) is 8.93. The van der Waals surface area contributed by atoms with Crippen LogP contribution in [0.3, 0.4) is 0 Å². The Morgan fingerprint density at radius 2 is 1.90 bits per heavy atom. The van der Waals surface area contributed by atoms with Crippen LogP contribution in [0.5, 0.6) is 0 Å². The van der Waals surface area contributed by atoms with E-state index < -0.39 is 11.9 Å². The van der Waals surface area contributed by atoms with Gasteiger partial charge in [0.1, 0.15) is 5.69 Å². The average molecular weight is 576 g/mol. The van der Waals surface area contributed by atoms with Gasteiger partial charge in [-0.25, -0.2) is 24.9 Å². The highest BCUT2D eigenvalue weighted by atomic mass is 35.5. The Hall–Kier alpha value is -5.24. The Bertz CT molecular complexity index is 1620. The molecule has 212 valence electrons. The van der Waals surface area contributed by atoms with Gasteiger partial charge in [0.05, 0.1) is 6.33 Å². The van der Waals surface area contributed by atoms with Crippen molar-refractivity contribution in [1.82, 2.24) is 39.8 Å². The molecular formula is C26H30ClN13O. The summed E-state index contributed by atoms with van der Waals surface area (Å²) >= 11 is 0. The van der Waals surface area contributed by atoms with Crippen LogP contribution in [-0.2, 0) is 13.0 Å². The number of nitrogens with two attached hydrogens (primary N) is 2. The standard InChI is InChI=1S/C26H29N13O.ClH/c27-22-21(24(40)38-25(28)29)36-20(17-13-34-26(35-14-17)32-7-3-10-39-11-9-30-15-39)23(37-22)31-8-6-16-12-33-19-5-2-1-4-18(16)19;/h1-2,4-5,9,11-15,33H,3,6-8,10H2,(H3,27,31,37)(H,32,34,35)(H4,28,29,38,40);1H. The maximum absolute atomic E-state index is 12.6. The molecule has 0 aliphatic rings. The predicted molar refractivity (Wildman–Crippen MR) is 160 cm³/mol. The van der Waals surface area contributed by atoms with Crippen LogP contribution in [0, 0.1) is 5.41 Å². The van der Waals surface area contributed by atoms with E-state index in [4.69, 9.17) is 16.9 Å². The lowest BCUT2D eigenvalue weighted by molar-refractivity contribution is 0.0972. The minimum absolute atomic E-state index is 0. The first kappa shape index (κ1) is 28.8. The number of aromatic amines is 1. The molecule has 9 N–H and O–H groups in total. The van der Waals surface area contributed by atoms with E-state index in [1.54, 1.807) is 24.9 Å². The predicted octanol–water partition coefficient (Wildman–Crippen LogP) is 2.40. The Labute approximate surface area is 241 Å². The number of nitrogens with one attached hydrogen (secondary N) is 5. The average Bonchev–Trinajstić information content (AvgIpc) is 3.62. The third kappa shape index (κ3) is 7.05. The number of hydrogen-bond donors (Lipinski definition) is 7. The van der Waals surface area contributed by atoms with E-state index in [2.05, 4.69) is 51.9 Å². The molecule has 0 aliphatic carbocycles. The molecule has 0 radical (unpaired) electrons. The van der Waals surface area contributed by atoms with Crippen molar-refractivity contribution in [3.8, 4) is 11.3 Å². The van der Waals surface area contributed by atoms with Crippen molar-refractivity contribution in [2.45, 2.75) is 19.4 Å². The number of imidazole rings is 1. The fourth-order valence-corrected chi connectivity index (χ4v) is 4.20. The first-order valence-corrected chi connectivity index (χ1v) is 12.6. The number of aryl methyl sites for hydroxylation is 1. The summed E-state index contributed by atoms with van der Waals surface area (Å²) in [6, 6.07) is 8.08. The van der Waals surface area contributed by atoms with E-state index in [0.717, 1.165) is 29.4 Å². The Morgan fingerprint density at radius 1 is 1.10 bits per heavy atom. The van der Waals surface area contributed by atoms with Crippen LogP contribution >= 0.6 is 12.4 Å². The van der Waals surface area contributed by atoms with Crippen LogP contribution < -0.4 is 27.4 Å². The second kappa shape index (κ2) is 13.2. The molecule has 0 spiro atoms. The van der Waals surface area contributed by atoms with Crippen LogP contribution in [0.2, 0.25) is 0 Å². The molecule has 0 bridgehead atoms. The van der Waals surface area contributed by atoms with Crippen LogP contribution in [0.1, 0.15) is 22.5 Å². The van der Waals surface area contributed by atoms with Gasteiger partial charge in [-0.3, -0.25) is 15.5 Å². The van der Waals surface area contributed by atoms with Crippen molar-refractivity contribution in [2.75, 3.05) is 29.5 Å². The molecule has 15 heteroatoms. The normalized spacial score (nSPS) is 10.6. The van der Waals surface area contributed by atoms with Gasteiger partial charge in [0, 0.05) is 67.1 Å². The van der Waals surface area contributed by atoms with Crippen molar-refractivity contribution in [3.05, 3.63) is 72.8 Å². The highest BCUT2D eigenvalue weighted by Crippen LogP contribution is 2.27. The van der Waals surface area contributed by atoms with E-state index in [1.165, 1.54) is 0 Å². The lowest BCUT2D eigenvalue weighted by Crippen LogP contribution is -2.36. The molecule has 1 amide bonds. The van der Waals surface area contributed by atoms with Crippen molar-refractivity contribution < 1.29 is 4.79 Å². The van der Waals surface area contributed by atoms with Gasteiger partial charge >= 0.3 is 0 Å². The van der Waals surface area contributed by atoms with Gasteiger partial charge in [0.2, 0.25) is 5.95 Å². The zero-order valence-corrected chi connectivity index (χ0v) is 22.8. The first-order chi connectivity index (χ1) is 19.5. The van der Waals surface area contributed by atoms with Crippen molar-refractivity contribution >= 4 is 52.8 Å². The van der Waals surface area contributed by atoms with Crippen LogP contribution in [-0.4, -0.2) is 59.4 Å². The molecule has 0 unspecified atom stereocenters. The highest BCUT2D eigenvalue weighted by molar-refractivity contribution is 6.06. The highest BCUT2D eigenvalue weighted by Gasteiger charge is 2.20. The molecule has 0 saturated heterocycles. The lowest BCUT2D eigenvalue weighted by Gasteiger charge is -2.14. The molecule has 0 aliphatic heterocycles. The number of nitrogens with zero attached hydrogens (tertiary/aromatic N) is 6. The van der Waals surface area contributed by atoms with Gasteiger partial charge in [-0.15, -0.1) is 12.4 Å². The number of hydrogen-bond acceptors (Lipinski definition) is 10. The number of H-pyrrole nitrogens is 1. The first-order valence-electron chi connectivity index (χ1n) is 12.6. The number of guanidine groups is 1. The maximum atomic E-state index is 12.6. The summed E-state index contributed by atoms with van der Waals surface area (Å²) in [5.41, 5.74) is 14.3. The van der Waals surface area contributed by atoms with Gasteiger partial charge in [0.25, 0.3) is 5.91 Å². The molecule has 1 aromatic carbocycles. The molecule has 0 saturated carbocycles. The zero-order chi connectivity index (χ0) is 27.9. The van der Waals surface area contributed by atoms with Gasteiger partial charge in [0.15, 0.2) is 23.3 Å². The summed E-state index contributed by atoms with van der Waals surface area (Å²) in [6.07, 6.45) is 12.2. The van der Waals surface area contributed by atoms with Crippen LogP contribution in [0.15, 0.2) is 61.6 Å². The number of aromatic nitrogens is 7. The Kier molecular flexibility index (Phi) is 9.27. The monoisotopic (exact) mass is 575 g/mol. The summed E-state index contributed by atoms with van der Waals surface area (Å²) < 4.78 is 2.00. The van der Waals surface area contributed by atoms with Gasteiger partial charge < -0.3 is 31.7 Å². The third-order valence-corrected chi connectivity index (χ3v) is 6.11.